The summed E-state index contributed by atoms with van der Waals surface area (Å²) in [6.07, 6.45) is 0. The van der Waals surface area contributed by atoms with E-state index in [1.807, 2.05) is 0 Å². The summed E-state index contributed by atoms with van der Waals surface area (Å²) < 4.78 is 73.6. The first-order valence-electron chi connectivity index (χ1n) is 15.7. The number of aryl methyl sites for hydroxylation is 1. The number of aromatic hydroxyl groups is 1. The summed E-state index contributed by atoms with van der Waals surface area (Å²) in [5.74, 6) is -2.72. The topological polar surface area (TPSA) is 267 Å². The smallest absolute Gasteiger partial charge is 0.339 e. The Kier molecular flexibility index (Phi) is 10.7. The lowest BCUT2D eigenvalue weighted by Gasteiger charge is -2.12. The van der Waals surface area contributed by atoms with Crippen LogP contribution in [0.25, 0.3) is 16.7 Å². The third-order valence-corrected chi connectivity index (χ3v) is 9.77. The van der Waals surface area contributed by atoms with Crippen LogP contribution in [-0.4, -0.2) is 63.9 Å². The molecule has 21 heteroatoms. The Labute approximate surface area is 317 Å². The molecule has 2 heterocycles. The molecule has 0 aliphatic rings. The van der Waals surface area contributed by atoms with Crippen molar-refractivity contribution < 1.29 is 45.7 Å². The molecule has 0 aliphatic carbocycles. The molecular weight excluding hydrogens is 777 g/mol. The molecule has 0 amide bonds. The number of para-hydroxylation sites is 2. The highest BCUT2D eigenvalue weighted by molar-refractivity contribution is 7.86. The van der Waals surface area contributed by atoms with Crippen LogP contribution < -0.4 is 4.74 Å². The van der Waals surface area contributed by atoms with Crippen molar-refractivity contribution in [3.05, 3.63) is 95.6 Å². The number of rotatable bonds is 12. The van der Waals surface area contributed by atoms with Crippen molar-refractivity contribution in [1.29, 1.82) is 0 Å². The molecule has 0 saturated heterocycles. The predicted molar refractivity (Wildman–Crippen MR) is 202 cm³/mol. The minimum atomic E-state index is -4.83. The number of carbonyl (C=O) groups is 1. The van der Waals surface area contributed by atoms with Crippen LogP contribution in [0.15, 0.2) is 119 Å². The highest BCUT2D eigenvalue weighted by atomic mass is 32.2. The van der Waals surface area contributed by atoms with Crippen molar-refractivity contribution in [1.82, 2.24) is 9.38 Å². The number of imidazole rings is 1. The lowest BCUT2D eigenvalue weighted by molar-refractivity contribution is 0.0697. The van der Waals surface area contributed by atoms with E-state index in [4.69, 9.17) is 4.74 Å². The molecule has 0 aliphatic heterocycles. The number of fused-ring (bicyclic) bond motifs is 3. The number of hydrogen-bond acceptors (Lipinski definition) is 15. The van der Waals surface area contributed by atoms with E-state index in [0.717, 1.165) is 6.07 Å². The molecule has 0 saturated carbocycles. The van der Waals surface area contributed by atoms with Crippen LogP contribution in [0.2, 0.25) is 0 Å². The van der Waals surface area contributed by atoms with Gasteiger partial charge in [0, 0.05) is 16.5 Å². The van der Waals surface area contributed by atoms with Crippen molar-refractivity contribution >= 4 is 89.6 Å². The zero-order valence-corrected chi connectivity index (χ0v) is 31.0. The summed E-state index contributed by atoms with van der Waals surface area (Å²) in [7, 11) is -9.28. The maximum atomic E-state index is 12.4. The number of hydrogen-bond donors (Lipinski definition) is 5. The first-order valence-corrected chi connectivity index (χ1v) is 19.2. The normalized spacial score (nSPS) is 12.5. The third kappa shape index (κ3) is 8.66. The molecule has 18 nitrogen and oxygen atoms in total. The monoisotopic (exact) mass is 804 g/mol. The Morgan fingerprint density at radius 3 is 2.16 bits per heavy atom. The van der Waals surface area contributed by atoms with Crippen LogP contribution in [0.1, 0.15) is 21.5 Å². The van der Waals surface area contributed by atoms with Crippen molar-refractivity contribution in [2.75, 3.05) is 12.4 Å². The number of nitrogens with zero attached hydrogens (tertiary/aromatic N) is 8. The predicted octanol–water partition coefficient (Wildman–Crippen LogP) is 8.56. The summed E-state index contributed by atoms with van der Waals surface area (Å²) in [6, 6.07) is 19.8. The van der Waals surface area contributed by atoms with Gasteiger partial charge in [0.25, 0.3) is 20.2 Å². The zero-order chi connectivity index (χ0) is 39.7. The van der Waals surface area contributed by atoms with Gasteiger partial charge in [0.2, 0.25) is 5.88 Å². The fraction of sp³-hybridized carbons (Fsp3) is 0.118. The summed E-state index contributed by atoms with van der Waals surface area (Å²) in [4.78, 5) is 16.8. The minimum Gasteiger partial charge on any atom is -0.493 e. The van der Waals surface area contributed by atoms with Crippen molar-refractivity contribution in [3.63, 3.8) is 0 Å². The van der Waals surface area contributed by atoms with Crippen molar-refractivity contribution in [2.45, 2.75) is 23.6 Å². The van der Waals surface area contributed by atoms with Gasteiger partial charge in [-0.3, -0.25) is 13.5 Å². The van der Waals surface area contributed by atoms with Gasteiger partial charge in [0.05, 0.1) is 28.1 Å². The highest BCUT2D eigenvalue weighted by Gasteiger charge is 2.25. The molecule has 0 bridgehead atoms. The fourth-order valence-electron chi connectivity index (χ4n) is 5.26. The average molecular weight is 805 g/mol. The molecule has 0 radical (unpaired) electrons. The van der Waals surface area contributed by atoms with E-state index in [1.54, 1.807) is 55.5 Å². The second-order valence-corrected chi connectivity index (χ2v) is 15.2. The van der Waals surface area contributed by atoms with Gasteiger partial charge in [-0.25, -0.2) is 9.78 Å². The van der Waals surface area contributed by atoms with Gasteiger partial charge in [0.1, 0.15) is 45.6 Å². The number of carboxylic acids is 1. The molecule has 4 aromatic carbocycles. The molecule has 0 fully saturated rings. The van der Waals surface area contributed by atoms with E-state index in [-0.39, 0.29) is 51.0 Å². The van der Waals surface area contributed by atoms with E-state index in [9.17, 15) is 40.9 Å². The average Bonchev–Trinajstić information content (AvgIpc) is 3.50. The summed E-state index contributed by atoms with van der Waals surface area (Å²) in [5, 5.41) is 46.0. The number of aromatic carboxylic acids is 1. The lowest BCUT2D eigenvalue weighted by atomic mass is 10.1. The van der Waals surface area contributed by atoms with Crippen molar-refractivity contribution in [3.8, 4) is 11.6 Å². The second kappa shape index (κ2) is 15.3. The van der Waals surface area contributed by atoms with Crippen LogP contribution in [0.3, 0.4) is 0 Å². The first-order chi connectivity index (χ1) is 26.0. The molecule has 4 N–H and O–H groups in total. The Morgan fingerprint density at radius 1 is 0.818 bits per heavy atom. The maximum absolute atomic E-state index is 12.4. The van der Waals surface area contributed by atoms with Gasteiger partial charge < -0.3 is 14.9 Å². The van der Waals surface area contributed by atoms with Crippen LogP contribution in [0, 0.1) is 13.8 Å². The Hall–Kier alpha value is -6.13. The summed E-state index contributed by atoms with van der Waals surface area (Å²) >= 11 is 4.21. The van der Waals surface area contributed by atoms with Gasteiger partial charge >= 0.3 is 5.97 Å². The molecule has 0 unspecified atom stereocenters. The molecule has 0 atom stereocenters. The molecular formula is C34H28N8O10S3. The largest absolute Gasteiger partial charge is 0.493 e. The molecule has 0 spiro atoms. The lowest BCUT2D eigenvalue weighted by Crippen LogP contribution is -2.12. The number of carboxylic acid groups (broad SMARTS) is 1. The van der Waals surface area contributed by atoms with Gasteiger partial charge in [0.15, 0.2) is 5.65 Å². The van der Waals surface area contributed by atoms with E-state index in [2.05, 4.69) is 48.3 Å². The number of benzene rings is 4. The van der Waals surface area contributed by atoms with E-state index in [1.165, 1.54) is 35.6 Å². The number of pyridine rings is 1. The van der Waals surface area contributed by atoms with Crippen LogP contribution in [0.5, 0.6) is 11.6 Å². The molecule has 55 heavy (non-hydrogen) atoms. The van der Waals surface area contributed by atoms with E-state index in [0.29, 0.717) is 27.2 Å². The fourth-order valence-corrected chi connectivity index (χ4v) is 6.35. The number of azo groups is 3. The summed E-state index contributed by atoms with van der Waals surface area (Å²) in [6.45, 7) is 2.45. The second-order valence-electron chi connectivity index (χ2n) is 11.7. The van der Waals surface area contributed by atoms with Crippen LogP contribution in [-0.2, 0) is 20.2 Å². The Morgan fingerprint density at radius 2 is 1.47 bits per heavy atom. The molecule has 6 rings (SSSR count). The Balaban J connectivity index is 1.39. The van der Waals surface area contributed by atoms with Crippen molar-refractivity contribution in [2.24, 2.45) is 30.7 Å². The Bertz CT molecular complexity index is 2820. The van der Waals surface area contributed by atoms with Crippen LogP contribution >= 0.6 is 12.6 Å². The molecule has 282 valence electrons. The third-order valence-electron chi connectivity index (χ3n) is 7.90. The summed E-state index contributed by atoms with van der Waals surface area (Å²) in [5.41, 5.74) is 1.11. The highest BCUT2D eigenvalue weighted by Crippen LogP contribution is 2.41. The van der Waals surface area contributed by atoms with Gasteiger partial charge in [-0.2, -0.15) is 32.2 Å². The molecule has 6 aromatic rings. The number of thiol groups is 1. The standard InChI is InChI=1S/C34H28N8O10S3/c1-18-15-26(40-41-31-19(2)30(34(44)45)32-35-23-5-3-4-6-27(23)42(32)33(31)43)28(52-13-14-54(46,47)48)17-25(18)39-38-24-12-9-21(16-29(24)55(49,50)51)37-36-20-7-10-22(53)11-8-20/h3-12,15-17,43,53H,13-14H2,1-2H3,(H,44,45)(H,46,47,48)(H,49,50,51)/b37-36?,39-38-,41-40?. The van der Waals surface area contributed by atoms with Gasteiger partial charge in [-0.1, -0.05) is 12.1 Å². The quantitative estimate of drug-likeness (QED) is 0.0444. The SMILES string of the molecule is Cc1cc(N=Nc2c(C)c(C(=O)O)c3nc4ccccc4n3c2O)c(OCCS(=O)(=O)O)cc1/N=N\c1ccc(N=Nc2ccc(S)cc2)cc1S(=O)(=O)O. The van der Waals surface area contributed by atoms with Gasteiger partial charge in [-0.15, -0.1) is 28.0 Å². The zero-order valence-electron chi connectivity index (χ0n) is 28.5. The van der Waals surface area contributed by atoms with E-state index < -0.39 is 49.3 Å². The minimum absolute atomic E-state index is 0.0154. The number of ether oxygens (including phenoxy) is 1. The van der Waals surface area contributed by atoms with Gasteiger partial charge in [-0.05, 0) is 80.1 Å². The first kappa shape index (κ1) is 38.6. The molecule has 2 aromatic heterocycles. The number of aromatic nitrogens is 2. The van der Waals surface area contributed by atoms with E-state index >= 15 is 0 Å². The maximum Gasteiger partial charge on any atom is 0.339 e. The van der Waals surface area contributed by atoms with Crippen LogP contribution in [0.4, 0.5) is 34.1 Å².